The SMILES string of the molecule is CCc1ccc(C(C)NCCc2ccccc2F)s1. The number of aryl methyl sites for hydroxylation is 1. The summed E-state index contributed by atoms with van der Waals surface area (Å²) in [7, 11) is 0. The van der Waals surface area contributed by atoms with Crippen LogP contribution in [0.1, 0.15) is 35.2 Å². The summed E-state index contributed by atoms with van der Waals surface area (Å²) in [5, 5.41) is 3.46. The van der Waals surface area contributed by atoms with Crippen molar-refractivity contribution in [1.29, 1.82) is 0 Å². The number of hydrogen-bond acceptors (Lipinski definition) is 2. The van der Waals surface area contributed by atoms with Gasteiger partial charge in [-0.15, -0.1) is 11.3 Å². The molecule has 1 aromatic heterocycles. The topological polar surface area (TPSA) is 12.0 Å². The Morgan fingerprint density at radius 1 is 1.21 bits per heavy atom. The maximum Gasteiger partial charge on any atom is 0.126 e. The van der Waals surface area contributed by atoms with Gasteiger partial charge in [-0.25, -0.2) is 4.39 Å². The molecule has 3 heteroatoms. The van der Waals surface area contributed by atoms with Crippen molar-refractivity contribution in [2.45, 2.75) is 32.7 Å². The molecule has 1 aromatic carbocycles. The van der Waals surface area contributed by atoms with Gasteiger partial charge in [0, 0.05) is 15.8 Å². The molecule has 1 unspecified atom stereocenters. The monoisotopic (exact) mass is 277 g/mol. The van der Waals surface area contributed by atoms with Crippen LogP contribution in [0.4, 0.5) is 4.39 Å². The summed E-state index contributed by atoms with van der Waals surface area (Å²) in [6, 6.07) is 11.7. The molecular formula is C16H20FNS. The van der Waals surface area contributed by atoms with Crippen LogP contribution in [0.25, 0.3) is 0 Å². The number of thiophene rings is 1. The first-order chi connectivity index (χ1) is 9.20. The average Bonchev–Trinajstić information content (AvgIpc) is 2.90. The Hall–Kier alpha value is -1.19. The molecule has 1 heterocycles. The third-order valence-corrected chi connectivity index (χ3v) is 4.67. The first-order valence-electron chi connectivity index (χ1n) is 6.76. The number of nitrogens with one attached hydrogen (secondary N) is 1. The van der Waals surface area contributed by atoms with Crippen molar-refractivity contribution in [1.82, 2.24) is 5.32 Å². The Morgan fingerprint density at radius 2 is 2.00 bits per heavy atom. The normalized spacial score (nSPS) is 12.6. The molecule has 2 rings (SSSR count). The van der Waals surface area contributed by atoms with Crippen LogP contribution in [0.3, 0.4) is 0 Å². The maximum absolute atomic E-state index is 13.5. The van der Waals surface area contributed by atoms with Crippen molar-refractivity contribution in [3.8, 4) is 0 Å². The number of halogens is 1. The van der Waals surface area contributed by atoms with Crippen LogP contribution in [0.5, 0.6) is 0 Å². The van der Waals surface area contributed by atoms with E-state index in [9.17, 15) is 4.39 Å². The van der Waals surface area contributed by atoms with Crippen LogP contribution >= 0.6 is 11.3 Å². The van der Waals surface area contributed by atoms with Gasteiger partial charge >= 0.3 is 0 Å². The van der Waals surface area contributed by atoms with E-state index in [0.29, 0.717) is 6.04 Å². The van der Waals surface area contributed by atoms with E-state index in [-0.39, 0.29) is 5.82 Å². The molecule has 0 spiro atoms. The quantitative estimate of drug-likeness (QED) is 0.828. The summed E-state index contributed by atoms with van der Waals surface area (Å²) >= 11 is 1.85. The lowest BCUT2D eigenvalue weighted by Crippen LogP contribution is -2.20. The number of benzene rings is 1. The third-order valence-electron chi connectivity index (χ3n) is 3.26. The van der Waals surface area contributed by atoms with Gasteiger partial charge in [0.1, 0.15) is 5.82 Å². The summed E-state index contributed by atoms with van der Waals surface area (Å²) < 4.78 is 13.5. The summed E-state index contributed by atoms with van der Waals surface area (Å²) in [4.78, 5) is 2.77. The lowest BCUT2D eigenvalue weighted by Gasteiger charge is -2.12. The minimum atomic E-state index is -0.110. The number of hydrogen-bond donors (Lipinski definition) is 1. The molecule has 102 valence electrons. The molecule has 0 aliphatic heterocycles. The molecule has 0 aliphatic carbocycles. The second-order valence-electron chi connectivity index (χ2n) is 4.67. The van der Waals surface area contributed by atoms with Crippen LogP contribution < -0.4 is 5.32 Å². The van der Waals surface area contributed by atoms with Crippen molar-refractivity contribution < 1.29 is 4.39 Å². The molecule has 19 heavy (non-hydrogen) atoms. The molecule has 1 N–H and O–H groups in total. The Bertz CT molecular complexity index is 521. The summed E-state index contributed by atoms with van der Waals surface area (Å²) in [6.45, 7) is 5.12. The van der Waals surface area contributed by atoms with Gasteiger partial charge in [0.05, 0.1) is 0 Å². The van der Waals surface area contributed by atoms with Gasteiger partial charge in [-0.05, 0) is 50.1 Å². The van der Waals surface area contributed by atoms with E-state index in [1.54, 1.807) is 6.07 Å². The van der Waals surface area contributed by atoms with Gasteiger partial charge in [-0.1, -0.05) is 25.1 Å². The van der Waals surface area contributed by atoms with Crippen molar-refractivity contribution in [2.24, 2.45) is 0 Å². The van der Waals surface area contributed by atoms with Crippen LogP contribution in [0, 0.1) is 5.82 Å². The lowest BCUT2D eigenvalue weighted by atomic mass is 10.1. The molecule has 0 radical (unpaired) electrons. The fraction of sp³-hybridized carbons (Fsp3) is 0.375. The third kappa shape index (κ3) is 3.88. The van der Waals surface area contributed by atoms with Crippen LogP contribution in [0.2, 0.25) is 0 Å². The van der Waals surface area contributed by atoms with E-state index < -0.39 is 0 Å². The summed E-state index contributed by atoms with van der Waals surface area (Å²) in [6.07, 6.45) is 1.82. The molecular weight excluding hydrogens is 257 g/mol. The molecule has 0 fully saturated rings. The van der Waals surface area contributed by atoms with E-state index in [4.69, 9.17) is 0 Å². The minimum Gasteiger partial charge on any atom is -0.309 e. The Labute approximate surface area is 118 Å². The minimum absolute atomic E-state index is 0.110. The Morgan fingerprint density at radius 3 is 2.68 bits per heavy atom. The predicted molar refractivity (Wildman–Crippen MR) is 80.2 cm³/mol. The van der Waals surface area contributed by atoms with E-state index >= 15 is 0 Å². The highest BCUT2D eigenvalue weighted by Crippen LogP contribution is 2.23. The van der Waals surface area contributed by atoms with Crippen molar-refractivity contribution in [3.63, 3.8) is 0 Å². The van der Waals surface area contributed by atoms with Gasteiger partial charge in [0.15, 0.2) is 0 Å². The fourth-order valence-electron chi connectivity index (χ4n) is 2.04. The van der Waals surface area contributed by atoms with Crippen LogP contribution in [0.15, 0.2) is 36.4 Å². The smallest absolute Gasteiger partial charge is 0.126 e. The van der Waals surface area contributed by atoms with Gasteiger partial charge < -0.3 is 5.32 Å². The molecule has 0 saturated carbocycles. The molecule has 1 nitrogen and oxygen atoms in total. The second kappa shape index (κ2) is 6.83. The average molecular weight is 277 g/mol. The number of rotatable bonds is 6. The van der Waals surface area contributed by atoms with E-state index in [0.717, 1.165) is 24.9 Å². The Balaban J connectivity index is 1.84. The van der Waals surface area contributed by atoms with Gasteiger partial charge in [-0.2, -0.15) is 0 Å². The highest BCUT2D eigenvalue weighted by atomic mass is 32.1. The van der Waals surface area contributed by atoms with Crippen molar-refractivity contribution in [3.05, 3.63) is 57.5 Å². The zero-order chi connectivity index (χ0) is 13.7. The van der Waals surface area contributed by atoms with E-state index in [1.165, 1.54) is 15.8 Å². The summed E-state index contributed by atoms with van der Waals surface area (Å²) in [5.41, 5.74) is 0.780. The van der Waals surface area contributed by atoms with E-state index in [1.807, 2.05) is 23.5 Å². The molecule has 0 saturated heterocycles. The maximum atomic E-state index is 13.5. The molecule has 0 aliphatic rings. The zero-order valence-electron chi connectivity index (χ0n) is 11.4. The van der Waals surface area contributed by atoms with Gasteiger partial charge in [0.2, 0.25) is 0 Å². The summed E-state index contributed by atoms with van der Waals surface area (Å²) in [5.74, 6) is -0.110. The molecule has 1 atom stereocenters. The van der Waals surface area contributed by atoms with Gasteiger partial charge in [0.25, 0.3) is 0 Å². The highest BCUT2D eigenvalue weighted by molar-refractivity contribution is 7.12. The predicted octanol–water partition coefficient (Wildman–Crippen LogP) is 4.34. The van der Waals surface area contributed by atoms with Gasteiger partial charge in [-0.3, -0.25) is 0 Å². The fourth-order valence-corrected chi connectivity index (χ4v) is 3.02. The molecule has 2 aromatic rings. The van der Waals surface area contributed by atoms with Crippen LogP contribution in [-0.2, 0) is 12.8 Å². The van der Waals surface area contributed by atoms with E-state index in [2.05, 4.69) is 31.3 Å². The standard InChI is InChI=1S/C16H20FNS/c1-3-14-8-9-16(19-14)12(2)18-11-10-13-6-4-5-7-15(13)17/h4-9,12,18H,3,10-11H2,1-2H3. The molecule has 0 bridgehead atoms. The van der Waals surface area contributed by atoms with Crippen molar-refractivity contribution >= 4 is 11.3 Å². The largest absolute Gasteiger partial charge is 0.309 e. The molecule has 0 amide bonds. The first-order valence-corrected chi connectivity index (χ1v) is 7.57. The second-order valence-corrected chi connectivity index (χ2v) is 5.87. The lowest BCUT2D eigenvalue weighted by molar-refractivity contribution is 0.564. The Kier molecular flexibility index (Phi) is 5.11. The van der Waals surface area contributed by atoms with Crippen LogP contribution in [-0.4, -0.2) is 6.54 Å². The first kappa shape index (κ1) is 14.2. The zero-order valence-corrected chi connectivity index (χ0v) is 12.3. The van der Waals surface area contributed by atoms with Crippen molar-refractivity contribution in [2.75, 3.05) is 6.54 Å². The highest BCUT2D eigenvalue weighted by Gasteiger charge is 2.08.